The maximum Gasteiger partial charge on any atom is 0.220 e. The van der Waals surface area contributed by atoms with E-state index in [1.807, 2.05) is 54.8 Å². The van der Waals surface area contributed by atoms with Crippen molar-refractivity contribution in [1.82, 2.24) is 20.1 Å². The monoisotopic (exact) mass is 512 g/mol. The Morgan fingerprint density at radius 3 is 2.49 bits per heavy atom. The summed E-state index contributed by atoms with van der Waals surface area (Å²) in [6, 6.07) is 15.8. The zero-order chi connectivity index (χ0) is 25.0. The summed E-state index contributed by atoms with van der Waals surface area (Å²) in [5.74, 6) is 1.54. The lowest BCUT2D eigenvalue weighted by atomic mass is 10.1. The Morgan fingerprint density at radius 2 is 1.74 bits per heavy atom. The number of thioether (sulfide) groups is 1. The van der Waals surface area contributed by atoms with E-state index in [9.17, 15) is 4.79 Å². The Bertz CT molecular complexity index is 1070. The lowest BCUT2D eigenvalue weighted by molar-refractivity contribution is -0.121. The zero-order valence-electron chi connectivity index (χ0n) is 21.1. The topological polar surface area (TPSA) is 59.8 Å². The summed E-state index contributed by atoms with van der Waals surface area (Å²) < 4.78 is 2.04. The van der Waals surface area contributed by atoms with Crippen LogP contribution in [-0.4, -0.2) is 20.7 Å². The second-order valence-electron chi connectivity index (χ2n) is 9.04. The van der Waals surface area contributed by atoms with E-state index >= 15 is 0 Å². The normalized spacial score (nSPS) is 12.0. The van der Waals surface area contributed by atoms with Gasteiger partial charge in [0.25, 0.3) is 0 Å². The molecule has 5 nitrogen and oxygen atoms in total. The van der Waals surface area contributed by atoms with Gasteiger partial charge in [-0.15, -0.1) is 10.2 Å². The van der Waals surface area contributed by atoms with Gasteiger partial charge in [0.2, 0.25) is 5.91 Å². The van der Waals surface area contributed by atoms with Gasteiger partial charge < -0.3 is 5.32 Å². The first-order valence-electron chi connectivity index (χ1n) is 12.7. The molecule has 0 fully saturated rings. The molecule has 1 unspecified atom stereocenters. The average Bonchev–Trinajstić information content (AvgIpc) is 3.28. The highest BCUT2D eigenvalue weighted by atomic mass is 35.5. The molecule has 0 aliphatic carbocycles. The van der Waals surface area contributed by atoms with Crippen molar-refractivity contribution in [1.29, 1.82) is 0 Å². The molecule has 35 heavy (non-hydrogen) atoms. The lowest BCUT2D eigenvalue weighted by Crippen LogP contribution is -2.28. The molecule has 0 spiro atoms. The van der Waals surface area contributed by atoms with Crippen LogP contribution in [0.2, 0.25) is 5.02 Å². The Labute approximate surface area is 219 Å². The fraction of sp³-hybridized carbons (Fsp3) is 0.464. The molecule has 0 saturated heterocycles. The van der Waals surface area contributed by atoms with Gasteiger partial charge in [0, 0.05) is 17.2 Å². The first kappa shape index (κ1) is 27.3. The summed E-state index contributed by atoms with van der Waals surface area (Å²) >= 11 is 7.98. The fourth-order valence-corrected chi connectivity index (χ4v) is 5.12. The molecule has 1 atom stereocenters. The van der Waals surface area contributed by atoms with E-state index in [1.165, 1.54) is 37.7 Å². The summed E-state index contributed by atoms with van der Waals surface area (Å²) in [6.07, 6.45) is 8.88. The van der Waals surface area contributed by atoms with Crippen LogP contribution in [0, 0.1) is 6.92 Å². The number of halogens is 1. The number of carbonyl (C=O) groups excluding carboxylic acids is 1. The van der Waals surface area contributed by atoms with Gasteiger partial charge in [0.1, 0.15) is 0 Å². The highest BCUT2D eigenvalue weighted by molar-refractivity contribution is 7.98. The second-order valence-corrected chi connectivity index (χ2v) is 10.4. The molecule has 0 saturated carbocycles. The zero-order valence-corrected chi connectivity index (χ0v) is 22.7. The third kappa shape index (κ3) is 8.39. The molecule has 0 aliphatic heterocycles. The van der Waals surface area contributed by atoms with E-state index < -0.39 is 0 Å². The van der Waals surface area contributed by atoms with Gasteiger partial charge in [0.05, 0.1) is 11.7 Å². The van der Waals surface area contributed by atoms with E-state index in [0.717, 1.165) is 35.0 Å². The third-order valence-corrected chi connectivity index (χ3v) is 7.29. The average molecular weight is 513 g/mol. The molecule has 2 aromatic carbocycles. The Kier molecular flexibility index (Phi) is 11.1. The van der Waals surface area contributed by atoms with Crippen LogP contribution in [0.1, 0.15) is 88.2 Å². The fourth-order valence-electron chi connectivity index (χ4n) is 4.05. The van der Waals surface area contributed by atoms with Crippen LogP contribution in [-0.2, 0) is 10.5 Å². The van der Waals surface area contributed by atoms with Crippen molar-refractivity contribution in [2.75, 3.05) is 0 Å². The molecule has 1 aromatic heterocycles. The molecule has 0 bridgehead atoms. The summed E-state index contributed by atoms with van der Waals surface area (Å²) in [7, 11) is 0. The van der Waals surface area contributed by atoms with Crippen LogP contribution < -0.4 is 5.32 Å². The molecule has 1 amide bonds. The van der Waals surface area contributed by atoms with Crippen molar-refractivity contribution in [2.45, 2.75) is 89.1 Å². The molecule has 1 N–H and O–H groups in total. The van der Waals surface area contributed by atoms with Crippen LogP contribution in [0.3, 0.4) is 0 Å². The van der Waals surface area contributed by atoms with E-state index in [1.54, 1.807) is 11.8 Å². The molecular weight excluding hydrogens is 476 g/mol. The molecule has 7 heteroatoms. The number of amides is 1. The Balaban J connectivity index is 1.70. The molecule has 3 aromatic rings. The van der Waals surface area contributed by atoms with Gasteiger partial charge >= 0.3 is 0 Å². The summed E-state index contributed by atoms with van der Waals surface area (Å²) in [6.45, 7) is 6.24. The first-order chi connectivity index (χ1) is 17.0. The predicted octanol–water partition coefficient (Wildman–Crippen LogP) is 7.84. The minimum Gasteiger partial charge on any atom is -0.346 e. The number of rotatable bonds is 14. The SMILES string of the molecule is CCCCCCCCCC(=O)NC(C)c1nnc(SCc2ccccc2)n1-c1cc(Cl)ccc1C. The van der Waals surface area contributed by atoms with Gasteiger partial charge in [-0.05, 0) is 43.5 Å². The molecule has 3 rings (SSSR count). The molecule has 1 heterocycles. The van der Waals surface area contributed by atoms with Gasteiger partial charge in [-0.1, -0.05) is 105 Å². The number of benzene rings is 2. The van der Waals surface area contributed by atoms with Crippen molar-refractivity contribution in [2.24, 2.45) is 0 Å². The summed E-state index contributed by atoms with van der Waals surface area (Å²) in [4.78, 5) is 12.7. The van der Waals surface area contributed by atoms with Crippen molar-refractivity contribution >= 4 is 29.3 Å². The van der Waals surface area contributed by atoms with E-state index in [-0.39, 0.29) is 11.9 Å². The lowest BCUT2D eigenvalue weighted by Gasteiger charge is -2.18. The number of hydrogen-bond acceptors (Lipinski definition) is 4. The van der Waals surface area contributed by atoms with E-state index in [4.69, 9.17) is 11.6 Å². The van der Waals surface area contributed by atoms with Crippen LogP contribution in [0.25, 0.3) is 5.69 Å². The van der Waals surface area contributed by atoms with Crippen LogP contribution in [0.4, 0.5) is 0 Å². The molecular formula is C28H37ClN4OS. The minimum absolute atomic E-state index is 0.0573. The predicted molar refractivity (Wildman–Crippen MR) is 146 cm³/mol. The second kappa shape index (κ2) is 14.3. The number of aromatic nitrogens is 3. The van der Waals surface area contributed by atoms with Crippen LogP contribution in [0.5, 0.6) is 0 Å². The van der Waals surface area contributed by atoms with E-state index in [2.05, 4.69) is 34.6 Å². The number of unbranched alkanes of at least 4 members (excludes halogenated alkanes) is 6. The van der Waals surface area contributed by atoms with Crippen molar-refractivity contribution in [3.8, 4) is 5.69 Å². The maximum atomic E-state index is 12.7. The van der Waals surface area contributed by atoms with Gasteiger partial charge in [0.15, 0.2) is 11.0 Å². The number of carbonyl (C=O) groups is 1. The quantitative estimate of drug-likeness (QED) is 0.176. The van der Waals surface area contributed by atoms with E-state index in [0.29, 0.717) is 17.3 Å². The number of nitrogens with zero attached hydrogens (tertiary/aromatic N) is 3. The summed E-state index contributed by atoms with van der Waals surface area (Å²) in [5.41, 5.74) is 3.22. The van der Waals surface area contributed by atoms with Gasteiger partial charge in [-0.25, -0.2) is 0 Å². The van der Waals surface area contributed by atoms with Crippen molar-refractivity contribution in [3.63, 3.8) is 0 Å². The van der Waals surface area contributed by atoms with Gasteiger partial charge in [-0.2, -0.15) is 0 Å². The van der Waals surface area contributed by atoms with Crippen LogP contribution in [0.15, 0.2) is 53.7 Å². The Hall–Kier alpha value is -2.31. The number of hydrogen-bond donors (Lipinski definition) is 1. The van der Waals surface area contributed by atoms with Crippen LogP contribution >= 0.6 is 23.4 Å². The minimum atomic E-state index is -0.274. The highest BCUT2D eigenvalue weighted by Gasteiger charge is 2.22. The highest BCUT2D eigenvalue weighted by Crippen LogP contribution is 2.30. The largest absolute Gasteiger partial charge is 0.346 e. The first-order valence-corrected chi connectivity index (χ1v) is 14.0. The van der Waals surface area contributed by atoms with Crippen molar-refractivity contribution in [3.05, 3.63) is 70.5 Å². The standard InChI is InChI=1S/C28H37ClN4OS/c1-4-5-6-7-8-9-13-16-26(34)30-22(3)27-31-32-28(35-20-23-14-11-10-12-15-23)33(27)25-19-24(29)18-17-21(25)2/h10-12,14-15,17-19,22H,4-9,13,16,20H2,1-3H3,(H,30,34). The summed E-state index contributed by atoms with van der Waals surface area (Å²) in [5, 5.41) is 13.6. The van der Waals surface area contributed by atoms with Crippen molar-refractivity contribution < 1.29 is 4.79 Å². The molecule has 188 valence electrons. The third-order valence-electron chi connectivity index (χ3n) is 6.05. The maximum absolute atomic E-state index is 12.7. The number of nitrogens with one attached hydrogen (secondary N) is 1. The molecule has 0 aliphatic rings. The Morgan fingerprint density at radius 1 is 1.03 bits per heavy atom. The molecule has 0 radical (unpaired) electrons. The van der Waals surface area contributed by atoms with Gasteiger partial charge in [-0.3, -0.25) is 9.36 Å². The number of aryl methyl sites for hydroxylation is 1. The smallest absolute Gasteiger partial charge is 0.220 e.